The second-order valence-electron chi connectivity index (χ2n) is 4.04. The van der Waals surface area contributed by atoms with Crippen molar-refractivity contribution >= 4 is 29.4 Å². The number of nitrogens with two attached hydrogens (primary N) is 1. The SMILES string of the molecule is CCOC(=O)/C(N)=C\C(=O)/C=C/c1ccc(Cl)c(OC)c1F. The molecule has 0 saturated carbocycles. The molecule has 0 aliphatic rings. The van der Waals surface area contributed by atoms with Gasteiger partial charge in [0, 0.05) is 11.6 Å². The Morgan fingerprint density at radius 1 is 1.41 bits per heavy atom. The van der Waals surface area contributed by atoms with Crippen LogP contribution in [0.5, 0.6) is 5.75 Å². The van der Waals surface area contributed by atoms with Crippen molar-refractivity contribution in [2.75, 3.05) is 13.7 Å². The van der Waals surface area contributed by atoms with Crippen LogP contribution < -0.4 is 10.5 Å². The van der Waals surface area contributed by atoms with E-state index in [1.807, 2.05) is 0 Å². The first-order valence-corrected chi connectivity index (χ1v) is 6.66. The summed E-state index contributed by atoms with van der Waals surface area (Å²) in [6.45, 7) is 1.76. The summed E-state index contributed by atoms with van der Waals surface area (Å²) in [5.74, 6) is -2.18. The maximum Gasteiger partial charge on any atom is 0.354 e. The highest BCUT2D eigenvalue weighted by Crippen LogP contribution is 2.30. The highest BCUT2D eigenvalue weighted by molar-refractivity contribution is 6.32. The first kappa shape index (κ1) is 17.7. The van der Waals surface area contributed by atoms with Gasteiger partial charge in [-0.1, -0.05) is 17.7 Å². The van der Waals surface area contributed by atoms with Crippen LogP contribution >= 0.6 is 11.6 Å². The number of hydrogen-bond donors (Lipinski definition) is 1. The Morgan fingerprint density at radius 3 is 2.68 bits per heavy atom. The number of benzene rings is 1. The van der Waals surface area contributed by atoms with Crippen LogP contribution in [0.2, 0.25) is 5.02 Å². The third-order valence-electron chi connectivity index (χ3n) is 2.52. The molecule has 0 aliphatic carbocycles. The molecule has 0 heterocycles. The fraction of sp³-hybridized carbons (Fsp3) is 0.200. The maximum absolute atomic E-state index is 14.0. The molecule has 0 fully saturated rings. The topological polar surface area (TPSA) is 78.6 Å². The molecule has 0 aromatic heterocycles. The van der Waals surface area contributed by atoms with Crippen LogP contribution in [-0.2, 0) is 14.3 Å². The summed E-state index contributed by atoms with van der Waals surface area (Å²) in [5, 5.41) is 0.120. The minimum Gasteiger partial charge on any atom is -0.492 e. The number of methoxy groups -OCH3 is 1. The van der Waals surface area contributed by atoms with Crippen molar-refractivity contribution in [2.24, 2.45) is 5.73 Å². The second-order valence-corrected chi connectivity index (χ2v) is 4.45. The van der Waals surface area contributed by atoms with E-state index in [1.165, 1.54) is 25.3 Å². The molecule has 0 aliphatic heterocycles. The van der Waals surface area contributed by atoms with Crippen LogP contribution in [0.1, 0.15) is 12.5 Å². The third-order valence-corrected chi connectivity index (χ3v) is 2.82. The molecule has 5 nitrogen and oxygen atoms in total. The Morgan fingerprint density at radius 2 is 2.09 bits per heavy atom. The van der Waals surface area contributed by atoms with E-state index >= 15 is 0 Å². The number of allylic oxidation sites excluding steroid dienone is 2. The minimum atomic E-state index is -0.788. The molecule has 1 aromatic rings. The summed E-state index contributed by atoms with van der Waals surface area (Å²) in [5.41, 5.74) is 5.17. The molecule has 0 amide bonds. The summed E-state index contributed by atoms with van der Waals surface area (Å²) >= 11 is 5.76. The zero-order valence-corrected chi connectivity index (χ0v) is 12.8. The predicted molar refractivity (Wildman–Crippen MR) is 80.9 cm³/mol. The van der Waals surface area contributed by atoms with Gasteiger partial charge in [-0.25, -0.2) is 9.18 Å². The normalized spacial score (nSPS) is 11.5. The summed E-state index contributed by atoms with van der Waals surface area (Å²) in [6, 6.07) is 2.83. The number of rotatable bonds is 6. The smallest absolute Gasteiger partial charge is 0.354 e. The van der Waals surface area contributed by atoms with E-state index in [1.54, 1.807) is 6.92 Å². The molecule has 7 heteroatoms. The summed E-state index contributed by atoms with van der Waals surface area (Å²) in [6.07, 6.45) is 3.20. The molecule has 0 unspecified atom stereocenters. The van der Waals surface area contributed by atoms with Gasteiger partial charge in [-0.2, -0.15) is 0 Å². The number of carbonyl (C=O) groups is 2. The van der Waals surface area contributed by atoms with Crippen molar-refractivity contribution < 1.29 is 23.5 Å². The lowest BCUT2D eigenvalue weighted by Crippen LogP contribution is -2.15. The Kier molecular flexibility index (Phi) is 6.59. The van der Waals surface area contributed by atoms with Gasteiger partial charge in [0.1, 0.15) is 5.70 Å². The van der Waals surface area contributed by atoms with E-state index in [0.717, 1.165) is 12.2 Å². The van der Waals surface area contributed by atoms with Gasteiger partial charge in [0.05, 0.1) is 18.7 Å². The average Bonchev–Trinajstić information content (AvgIpc) is 2.47. The van der Waals surface area contributed by atoms with Gasteiger partial charge in [-0.3, -0.25) is 4.79 Å². The van der Waals surface area contributed by atoms with Crippen molar-refractivity contribution in [3.05, 3.63) is 46.4 Å². The van der Waals surface area contributed by atoms with Crippen molar-refractivity contribution in [3.8, 4) is 5.75 Å². The Bertz CT molecular complexity index is 641. The van der Waals surface area contributed by atoms with Crippen molar-refractivity contribution in [3.63, 3.8) is 0 Å². The highest BCUT2D eigenvalue weighted by Gasteiger charge is 2.11. The highest BCUT2D eigenvalue weighted by atomic mass is 35.5. The lowest BCUT2D eigenvalue weighted by Gasteiger charge is -2.06. The fourth-order valence-corrected chi connectivity index (χ4v) is 1.73. The van der Waals surface area contributed by atoms with Gasteiger partial charge in [-0.15, -0.1) is 0 Å². The van der Waals surface area contributed by atoms with Gasteiger partial charge in [-0.05, 0) is 25.1 Å². The lowest BCUT2D eigenvalue weighted by molar-refractivity contribution is -0.138. The average molecular weight is 328 g/mol. The molecular weight excluding hydrogens is 313 g/mol. The number of halogens is 2. The number of ketones is 1. The van der Waals surface area contributed by atoms with Gasteiger partial charge in [0.2, 0.25) is 0 Å². The van der Waals surface area contributed by atoms with Crippen LogP contribution in [0.3, 0.4) is 0 Å². The molecular formula is C15H15ClFNO4. The molecule has 2 N–H and O–H groups in total. The lowest BCUT2D eigenvalue weighted by atomic mass is 10.1. The zero-order valence-electron chi connectivity index (χ0n) is 12.1. The number of esters is 1. The van der Waals surface area contributed by atoms with Crippen molar-refractivity contribution in [1.29, 1.82) is 0 Å². The Balaban J connectivity index is 2.91. The van der Waals surface area contributed by atoms with E-state index in [9.17, 15) is 14.0 Å². The van der Waals surface area contributed by atoms with Gasteiger partial charge >= 0.3 is 5.97 Å². The van der Waals surface area contributed by atoms with E-state index in [-0.39, 0.29) is 28.6 Å². The largest absolute Gasteiger partial charge is 0.492 e. The summed E-state index contributed by atoms with van der Waals surface area (Å²) < 4.78 is 23.4. The van der Waals surface area contributed by atoms with Gasteiger partial charge < -0.3 is 15.2 Å². The minimum absolute atomic E-state index is 0.109. The molecule has 118 valence electrons. The molecule has 0 atom stereocenters. The molecule has 0 saturated heterocycles. The quantitative estimate of drug-likeness (QED) is 0.641. The van der Waals surface area contributed by atoms with Gasteiger partial charge in [0.25, 0.3) is 0 Å². The van der Waals surface area contributed by atoms with E-state index in [4.69, 9.17) is 22.1 Å². The van der Waals surface area contributed by atoms with E-state index < -0.39 is 17.6 Å². The molecule has 0 spiro atoms. The molecule has 1 rings (SSSR count). The molecule has 0 radical (unpaired) electrons. The number of hydrogen-bond acceptors (Lipinski definition) is 5. The predicted octanol–water partition coefficient (Wildman–Crippen LogP) is 2.48. The third kappa shape index (κ3) is 4.60. The van der Waals surface area contributed by atoms with E-state index in [2.05, 4.69) is 4.74 Å². The Hall–Kier alpha value is -2.34. The van der Waals surface area contributed by atoms with Crippen LogP contribution in [0, 0.1) is 5.82 Å². The fourth-order valence-electron chi connectivity index (χ4n) is 1.51. The Labute approximate surface area is 132 Å². The molecule has 1 aromatic carbocycles. The molecule has 22 heavy (non-hydrogen) atoms. The molecule has 0 bridgehead atoms. The van der Waals surface area contributed by atoms with Gasteiger partial charge in [0.15, 0.2) is 17.3 Å². The standard InChI is InChI=1S/C15H15ClFNO4/c1-3-22-15(20)12(18)8-10(19)6-4-9-5-7-11(16)14(21-2)13(9)17/h4-8H,3,18H2,1-2H3/b6-4+,12-8+. The van der Waals surface area contributed by atoms with Crippen LogP contribution in [-0.4, -0.2) is 25.5 Å². The zero-order chi connectivity index (χ0) is 16.7. The van der Waals surface area contributed by atoms with Crippen molar-refractivity contribution in [1.82, 2.24) is 0 Å². The summed E-state index contributed by atoms with van der Waals surface area (Å²) in [7, 11) is 1.28. The monoisotopic (exact) mass is 327 g/mol. The number of ether oxygens (including phenoxy) is 2. The maximum atomic E-state index is 14.0. The van der Waals surface area contributed by atoms with Crippen molar-refractivity contribution in [2.45, 2.75) is 6.92 Å². The first-order valence-electron chi connectivity index (χ1n) is 6.29. The van der Waals surface area contributed by atoms with Crippen LogP contribution in [0.15, 0.2) is 30.0 Å². The number of carbonyl (C=O) groups excluding carboxylic acids is 2. The first-order chi connectivity index (χ1) is 10.4. The van der Waals surface area contributed by atoms with E-state index in [0.29, 0.717) is 0 Å². The van der Waals surface area contributed by atoms with Crippen LogP contribution in [0.4, 0.5) is 4.39 Å². The van der Waals surface area contributed by atoms with Crippen LogP contribution in [0.25, 0.3) is 6.08 Å². The second kappa shape index (κ2) is 8.19. The summed E-state index contributed by atoms with van der Waals surface area (Å²) in [4.78, 5) is 22.9.